The van der Waals surface area contributed by atoms with Gasteiger partial charge in [0.1, 0.15) is 5.69 Å². The van der Waals surface area contributed by atoms with E-state index in [0.29, 0.717) is 24.8 Å². The van der Waals surface area contributed by atoms with E-state index in [1.165, 1.54) is 0 Å². The van der Waals surface area contributed by atoms with Gasteiger partial charge < -0.3 is 14.4 Å². The first-order chi connectivity index (χ1) is 10.7. The summed E-state index contributed by atoms with van der Waals surface area (Å²) in [6.07, 6.45) is 2.00. The molecule has 22 heavy (non-hydrogen) atoms. The maximum atomic E-state index is 12.6. The molecule has 0 N–H and O–H groups in total. The van der Waals surface area contributed by atoms with E-state index < -0.39 is 0 Å². The number of carbonyl (C=O) groups is 1. The summed E-state index contributed by atoms with van der Waals surface area (Å²) >= 11 is 0. The van der Waals surface area contributed by atoms with Crippen LogP contribution in [0.1, 0.15) is 35.9 Å². The third-order valence-electron chi connectivity index (χ3n) is 4.11. The van der Waals surface area contributed by atoms with Crippen LogP contribution in [0.25, 0.3) is 0 Å². The molecule has 0 aromatic carbocycles. The number of aryl methyl sites for hydroxylation is 2. The van der Waals surface area contributed by atoms with Crippen LogP contribution >= 0.6 is 0 Å². The number of piperidine rings is 1. The van der Waals surface area contributed by atoms with E-state index >= 15 is 0 Å². The van der Waals surface area contributed by atoms with Crippen molar-refractivity contribution in [3.05, 3.63) is 17.5 Å². The van der Waals surface area contributed by atoms with Crippen LogP contribution in [0.15, 0.2) is 6.07 Å². The molecule has 6 nitrogen and oxygen atoms in total. The number of carbonyl (C=O) groups excluding carboxylic acids is 1. The Morgan fingerprint density at radius 3 is 2.73 bits per heavy atom. The summed E-state index contributed by atoms with van der Waals surface area (Å²) in [5.41, 5.74) is 1.60. The molecule has 1 aliphatic rings. The Morgan fingerprint density at radius 2 is 2.09 bits per heavy atom. The summed E-state index contributed by atoms with van der Waals surface area (Å²) in [4.78, 5) is 14.6. The Hall–Kier alpha value is -1.40. The molecular formula is C16H27N3O3. The largest absolute Gasteiger partial charge is 0.382 e. The molecule has 1 fully saturated rings. The van der Waals surface area contributed by atoms with Gasteiger partial charge in [-0.2, -0.15) is 5.10 Å². The number of nitrogens with zero attached hydrogens (tertiary/aromatic N) is 3. The van der Waals surface area contributed by atoms with Crippen molar-refractivity contribution < 1.29 is 14.3 Å². The molecule has 0 atom stereocenters. The maximum Gasteiger partial charge on any atom is 0.272 e. The molecule has 2 rings (SSSR count). The minimum atomic E-state index is 0.0983. The molecule has 1 aromatic rings. The quantitative estimate of drug-likeness (QED) is 0.720. The van der Waals surface area contributed by atoms with Crippen LogP contribution in [0, 0.1) is 12.8 Å². The van der Waals surface area contributed by atoms with Gasteiger partial charge in [-0.05, 0) is 38.7 Å². The van der Waals surface area contributed by atoms with Gasteiger partial charge in [0.05, 0.1) is 18.9 Å². The van der Waals surface area contributed by atoms with Gasteiger partial charge in [0, 0.05) is 33.4 Å². The van der Waals surface area contributed by atoms with Crippen LogP contribution in [-0.4, -0.2) is 60.6 Å². The molecule has 1 aromatic heterocycles. The molecule has 0 spiro atoms. The van der Waals surface area contributed by atoms with Gasteiger partial charge in [-0.1, -0.05) is 0 Å². The van der Waals surface area contributed by atoms with Crippen molar-refractivity contribution in [2.24, 2.45) is 5.92 Å². The molecule has 0 radical (unpaired) electrons. The van der Waals surface area contributed by atoms with Crippen LogP contribution in [0.4, 0.5) is 0 Å². The molecule has 124 valence electrons. The lowest BCUT2D eigenvalue weighted by Crippen LogP contribution is -2.40. The summed E-state index contributed by atoms with van der Waals surface area (Å²) in [6.45, 7) is 8.29. The number of methoxy groups -OCH3 is 1. The van der Waals surface area contributed by atoms with Crippen LogP contribution in [0.5, 0.6) is 0 Å². The Labute approximate surface area is 132 Å². The third-order valence-corrected chi connectivity index (χ3v) is 4.11. The van der Waals surface area contributed by atoms with Crippen molar-refractivity contribution in [3.63, 3.8) is 0 Å². The van der Waals surface area contributed by atoms with Gasteiger partial charge in [0.15, 0.2) is 0 Å². The van der Waals surface area contributed by atoms with Gasteiger partial charge in [-0.25, -0.2) is 0 Å². The molecule has 6 heteroatoms. The number of likely N-dealkylation sites (tertiary alicyclic amines) is 1. The van der Waals surface area contributed by atoms with Crippen molar-refractivity contribution in [1.29, 1.82) is 0 Å². The highest BCUT2D eigenvalue weighted by Crippen LogP contribution is 2.19. The van der Waals surface area contributed by atoms with Crippen molar-refractivity contribution in [2.75, 3.05) is 40.0 Å². The standard InChI is InChI=1S/C16H27N3O3/c1-4-19-15(11-13(2)17-19)16(20)18-7-5-14(6-8-18)12-22-10-9-21-3/h11,14H,4-10,12H2,1-3H3. The Morgan fingerprint density at radius 1 is 1.36 bits per heavy atom. The van der Waals surface area contributed by atoms with E-state index in [0.717, 1.165) is 44.8 Å². The number of ether oxygens (including phenoxy) is 2. The van der Waals surface area contributed by atoms with E-state index in [9.17, 15) is 4.79 Å². The van der Waals surface area contributed by atoms with Gasteiger partial charge in [0.25, 0.3) is 5.91 Å². The van der Waals surface area contributed by atoms with Crippen LogP contribution in [0.2, 0.25) is 0 Å². The van der Waals surface area contributed by atoms with Crippen molar-refractivity contribution >= 4 is 5.91 Å². The number of aromatic nitrogens is 2. The predicted molar refractivity (Wildman–Crippen MR) is 84.0 cm³/mol. The summed E-state index contributed by atoms with van der Waals surface area (Å²) in [7, 11) is 1.68. The highest BCUT2D eigenvalue weighted by molar-refractivity contribution is 5.92. The lowest BCUT2D eigenvalue weighted by Gasteiger charge is -2.31. The minimum Gasteiger partial charge on any atom is -0.382 e. The number of hydrogen-bond donors (Lipinski definition) is 0. The number of rotatable bonds is 7. The monoisotopic (exact) mass is 309 g/mol. The maximum absolute atomic E-state index is 12.6. The van der Waals surface area contributed by atoms with E-state index in [4.69, 9.17) is 9.47 Å². The fraction of sp³-hybridized carbons (Fsp3) is 0.750. The average Bonchev–Trinajstić information content (AvgIpc) is 2.92. The summed E-state index contributed by atoms with van der Waals surface area (Å²) in [5.74, 6) is 0.639. The fourth-order valence-corrected chi connectivity index (χ4v) is 2.82. The van der Waals surface area contributed by atoms with Crippen molar-refractivity contribution in [2.45, 2.75) is 33.2 Å². The van der Waals surface area contributed by atoms with Gasteiger partial charge in [0.2, 0.25) is 0 Å². The average molecular weight is 309 g/mol. The second-order valence-electron chi connectivity index (χ2n) is 5.79. The molecule has 1 aliphatic heterocycles. The Bertz CT molecular complexity index is 479. The van der Waals surface area contributed by atoms with Gasteiger partial charge >= 0.3 is 0 Å². The van der Waals surface area contributed by atoms with Gasteiger partial charge in [-0.15, -0.1) is 0 Å². The third kappa shape index (κ3) is 4.30. The Kier molecular flexibility index (Phi) is 6.39. The van der Waals surface area contributed by atoms with E-state index in [2.05, 4.69) is 5.10 Å². The number of hydrogen-bond acceptors (Lipinski definition) is 4. The smallest absolute Gasteiger partial charge is 0.272 e. The van der Waals surface area contributed by atoms with Crippen LogP contribution in [0.3, 0.4) is 0 Å². The first-order valence-electron chi connectivity index (χ1n) is 8.06. The lowest BCUT2D eigenvalue weighted by molar-refractivity contribution is 0.0324. The van der Waals surface area contributed by atoms with Crippen LogP contribution in [-0.2, 0) is 16.0 Å². The SMILES string of the molecule is CCn1nc(C)cc1C(=O)N1CCC(COCCOC)CC1. The topological polar surface area (TPSA) is 56.6 Å². The molecule has 0 unspecified atom stereocenters. The summed E-state index contributed by atoms with van der Waals surface area (Å²) in [5, 5.41) is 4.36. The molecule has 0 bridgehead atoms. The first-order valence-corrected chi connectivity index (χ1v) is 8.06. The zero-order valence-electron chi connectivity index (χ0n) is 13.9. The summed E-state index contributed by atoms with van der Waals surface area (Å²) < 4.78 is 12.3. The molecule has 0 aliphatic carbocycles. The minimum absolute atomic E-state index is 0.0983. The normalized spacial score (nSPS) is 16.2. The molecular weight excluding hydrogens is 282 g/mol. The predicted octanol–water partition coefficient (Wildman–Crippen LogP) is 1.73. The van der Waals surface area contributed by atoms with Crippen LogP contribution < -0.4 is 0 Å². The van der Waals surface area contributed by atoms with E-state index in [1.807, 2.05) is 24.8 Å². The molecule has 0 saturated carbocycles. The van der Waals surface area contributed by atoms with Crippen molar-refractivity contribution in [1.82, 2.24) is 14.7 Å². The second-order valence-corrected chi connectivity index (χ2v) is 5.79. The summed E-state index contributed by atoms with van der Waals surface area (Å²) in [6, 6.07) is 1.88. The number of amides is 1. The Balaban J connectivity index is 1.82. The molecule has 1 amide bonds. The van der Waals surface area contributed by atoms with Gasteiger partial charge in [-0.3, -0.25) is 9.48 Å². The second kappa shape index (κ2) is 8.29. The van der Waals surface area contributed by atoms with Crippen molar-refractivity contribution in [3.8, 4) is 0 Å². The van der Waals surface area contributed by atoms with E-state index in [-0.39, 0.29) is 5.91 Å². The molecule has 1 saturated heterocycles. The highest BCUT2D eigenvalue weighted by Gasteiger charge is 2.25. The lowest BCUT2D eigenvalue weighted by atomic mass is 9.97. The van der Waals surface area contributed by atoms with E-state index in [1.54, 1.807) is 11.8 Å². The zero-order chi connectivity index (χ0) is 15.9. The molecule has 2 heterocycles. The first kappa shape index (κ1) is 17.0. The fourth-order valence-electron chi connectivity index (χ4n) is 2.82. The highest BCUT2D eigenvalue weighted by atomic mass is 16.5. The zero-order valence-corrected chi connectivity index (χ0v) is 13.9.